The third-order valence-corrected chi connectivity index (χ3v) is 2.60. The fraction of sp³-hybridized carbons (Fsp3) is 0.900. The minimum atomic E-state index is -0.320. The van der Waals surface area contributed by atoms with Crippen LogP contribution in [0.5, 0.6) is 0 Å². The third kappa shape index (κ3) is 2.87. The minimum Gasteiger partial charge on any atom is -0.393 e. The summed E-state index contributed by atoms with van der Waals surface area (Å²) in [5, 5.41) is 9.14. The minimum absolute atomic E-state index is 0.124. The first-order chi connectivity index (χ1) is 6.65. The van der Waals surface area contributed by atoms with Crippen molar-refractivity contribution in [2.75, 3.05) is 26.2 Å². The maximum absolute atomic E-state index is 11.7. The summed E-state index contributed by atoms with van der Waals surface area (Å²) in [4.78, 5) is 15.4. The molecule has 0 spiro atoms. The van der Waals surface area contributed by atoms with Gasteiger partial charge in [0, 0.05) is 26.2 Å². The van der Waals surface area contributed by atoms with E-state index in [0.29, 0.717) is 13.0 Å². The first-order valence-corrected chi connectivity index (χ1v) is 5.37. The van der Waals surface area contributed by atoms with E-state index in [1.165, 1.54) is 0 Å². The highest BCUT2D eigenvalue weighted by molar-refractivity contribution is 5.75. The van der Waals surface area contributed by atoms with Crippen molar-refractivity contribution in [3.8, 4) is 0 Å². The molecule has 0 aromatic rings. The molecule has 0 bridgehead atoms. The molecule has 0 aliphatic carbocycles. The molecule has 1 rings (SSSR count). The van der Waals surface area contributed by atoms with E-state index in [2.05, 4.69) is 0 Å². The topological polar surface area (TPSA) is 43.8 Å². The van der Waals surface area contributed by atoms with Crippen molar-refractivity contribution in [3.05, 3.63) is 0 Å². The van der Waals surface area contributed by atoms with Crippen LogP contribution < -0.4 is 0 Å². The van der Waals surface area contributed by atoms with Crippen molar-refractivity contribution in [2.45, 2.75) is 32.8 Å². The first kappa shape index (κ1) is 11.3. The van der Waals surface area contributed by atoms with Crippen LogP contribution in [0.15, 0.2) is 0 Å². The number of hydrogen-bond donors (Lipinski definition) is 1. The van der Waals surface area contributed by atoms with Crippen LogP contribution in [0.25, 0.3) is 0 Å². The van der Waals surface area contributed by atoms with Gasteiger partial charge in [-0.2, -0.15) is 0 Å². The van der Waals surface area contributed by atoms with Crippen LogP contribution in [0.4, 0.5) is 4.79 Å². The molecule has 0 saturated carbocycles. The van der Waals surface area contributed by atoms with Gasteiger partial charge in [0.05, 0.1) is 6.10 Å². The molecule has 1 aliphatic rings. The Morgan fingerprint density at radius 2 is 2.07 bits per heavy atom. The zero-order chi connectivity index (χ0) is 10.6. The van der Waals surface area contributed by atoms with E-state index in [1.807, 2.05) is 16.7 Å². The average molecular weight is 200 g/mol. The van der Waals surface area contributed by atoms with Crippen molar-refractivity contribution in [1.29, 1.82) is 0 Å². The summed E-state index contributed by atoms with van der Waals surface area (Å²) >= 11 is 0. The third-order valence-electron chi connectivity index (χ3n) is 2.60. The molecule has 82 valence electrons. The lowest BCUT2D eigenvalue weighted by molar-refractivity contribution is 0.116. The Morgan fingerprint density at radius 3 is 2.64 bits per heavy atom. The number of urea groups is 1. The summed E-state index contributed by atoms with van der Waals surface area (Å²) in [5.41, 5.74) is 0. The summed E-state index contributed by atoms with van der Waals surface area (Å²) in [6.45, 7) is 6.92. The quantitative estimate of drug-likeness (QED) is 0.733. The van der Waals surface area contributed by atoms with Gasteiger partial charge in [-0.25, -0.2) is 4.79 Å². The molecule has 1 atom stereocenters. The Hall–Kier alpha value is -0.770. The highest BCUT2D eigenvalue weighted by Gasteiger charge is 2.23. The van der Waals surface area contributed by atoms with Crippen molar-refractivity contribution < 1.29 is 9.90 Å². The lowest BCUT2D eigenvalue weighted by Gasteiger charge is -2.35. The maximum atomic E-state index is 11.7. The number of hydrogen-bond acceptors (Lipinski definition) is 2. The predicted octanol–water partition coefficient (Wildman–Crippen LogP) is 0.905. The highest BCUT2D eigenvalue weighted by atomic mass is 16.3. The van der Waals surface area contributed by atoms with Gasteiger partial charge in [0.1, 0.15) is 0 Å². The fourth-order valence-corrected chi connectivity index (χ4v) is 1.69. The molecule has 4 nitrogen and oxygen atoms in total. The van der Waals surface area contributed by atoms with Gasteiger partial charge in [-0.05, 0) is 26.7 Å². The Bertz CT molecular complexity index is 195. The van der Waals surface area contributed by atoms with E-state index in [4.69, 9.17) is 5.11 Å². The van der Waals surface area contributed by atoms with E-state index < -0.39 is 0 Å². The standard InChI is InChI=1S/C10H20N2O2/c1-3-11-6-4-7-12(10(11)14)8-5-9(2)13/h9,13H,3-8H2,1-2H3. The van der Waals surface area contributed by atoms with Crippen molar-refractivity contribution >= 4 is 6.03 Å². The Labute approximate surface area is 85.5 Å². The summed E-state index contributed by atoms with van der Waals surface area (Å²) < 4.78 is 0. The second-order valence-electron chi connectivity index (χ2n) is 3.84. The number of aliphatic hydroxyl groups is 1. The van der Waals surface area contributed by atoms with E-state index in [1.54, 1.807) is 6.92 Å². The van der Waals surface area contributed by atoms with Crippen LogP contribution >= 0.6 is 0 Å². The highest BCUT2D eigenvalue weighted by Crippen LogP contribution is 2.09. The molecule has 14 heavy (non-hydrogen) atoms. The molecule has 1 heterocycles. The molecule has 4 heteroatoms. The lowest BCUT2D eigenvalue weighted by Crippen LogP contribution is -2.49. The largest absolute Gasteiger partial charge is 0.393 e. The lowest BCUT2D eigenvalue weighted by atomic mass is 10.2. The summed E-state index contributed by atoms with van der Waals surface area (Å²) in [6, 6.07) is 0.124. The van der Waals surface area contributed by atoms with E-state index in [9.17, 15) is 4.79 Å². The molecular weight excluding hydrogens is 180 g/mol. The number of aliphatic hydroxyl groups excluding tert-OH is 1. The number of nitrogens with zero attached hydrogens (tertiary/aromatic N) is 2. The smallest absolute Gasteiger partial charge is 0.319 e. The summed E-state index contributed by atoms with van der Waals surface area (Å²) in [6.07, 6.45) is 1.39. The monoisotopic (exact) mass is 200 g/mol. The number of amides is 2. The molecule has 1 aliphatic heterocycles. The van der Waals surface area contributed by atoms with Gasteiger partial charge >= 0.3 is 6.03 Å². The van der Waals surface area contributed by atoms with E-state index in [-0.39, 0.29) is 12.1 Å². The van der Waals surface area contributed by atoms with Gasteiger partial charge in [0.25, 0.3) is 0 Å². The zero-order valence-corrected chi connectivity index (χ0v) is 9.07. The molecule has 1 N–H and O–H groups in total. The van der Waals surface area contributed by atoms with E-state index >= 15 is 0 Å². The van der Waals surface area contributed by atoms with Gasteiger partial charge in [-0.15, -0.1) is 0 Å². The first-order valence-electron chi connectivity index (χ1n) is 5.37. The molecule has 0 radical (unpaired) electrons. The van der Waals surface area contributed by atoms with Crippen molar-refractivity contribution in [1.82, 2.24) is 9.80 Å². The molecule has 2 amide bonds. The van der Waals surface area contributed by atoms with Crippen molar-refractivity contribution in [3.63, 3.8) is 0 Å². The van der Waals surface area contributed by atoms with E-state index in [0.717, 1.165) is 26.1 Å². The van der Waals surface area contributed by atoms with Crippen LogP contribution in [0.3, 0.4) is 0 Å². The SMILES string of the molecule is CCN1CCCN(CCC(C)O)C1=O. The van der Waals surface area contributed by atoms with Gasteiger partial charge in [0.15, 0.2) is 0 Å². The fourth-order valence-electron chi connectivity index (χ4n) is 1.69. The van der Waals surface area contributed by atoms with Gasteiger partial charge in [0.2, 0.25) is 0 Å². The maximum Gasteiger partial charge on any atom is 0.319 e. The molecule has 1 unspecified atom stereocenters. The number of rotatable bonds is 4. The molecule has 1 saturated heterocycles. The number of carbonyl (C=O) groups excluding carboxylic acids is 1. The van der Waals surface area contributed by atoms with Crippen LogP contribution in [-0.4, -0.2) is 53.2 Å². The van der Waals surface area contributed by atoms with Crippen molar-refractivity contribution in [2.24, 2.45) is 0 Å². The van der Waals surface area contributed by atoms with Crippen LogP contribution in [0, 0.1) is 0 Å². The summed E-state index contributed by atoms with van der Waals surface area (Å²) in [7, 11) is 0. The Balaban J connectivity index is 2.40. The molecule has 0 aromatic carbocycles. The Morgan fingerprint density at radius 1 is 1.43 bits per heavy atom. The normalized spacial score (nSPS) is 20.1. The second-order valence-corrected chi connectivity index (χ2v) is 3.84. The average Bonchev–Trinajstić information content (AvgIpc) is 2.16. The van der Waals surface area contributed by atoms with Gasteiger partial charge < -0.3 is 14.9 Å². The van der Waals surface area contributed by atoms with Crippen LogP contribution in [-0.2, 0) is 0 Å². The number of carbonyl (C=O) groups is 1. The Kier molecular flexibility index (Phi) is 4.20. The second kappa shape index (κ2) is 5.20. The summed E-state index contributed by atoms with van der Waals surface area (Å²) in [5.74, 6) is 0. The van der Waals surface area contributed by atoms with Gasteiger partial charge in [-0.3, -0.25) is 0 Å². The van der Waals surface area contributed by atoms with Crippen LogP contribution in [0.1, 0.15) is 26.7 Å². The molecular formula is C10H20N2O2. The molecule has 1 fully saturated rings. The molecule has 0 aromatic heterocycles. The van der Waals surface area contributed by atoms with Gasteiger partial charge in [-0.1, -0.05) is 0 Å². The van der Waals surface area contributed by atoms with Crippen LogP contribution in [0.2, 0.25) is 0 Å². The predicted molar refractivity (Wildman–Crippen MR) is 55.1 cm³/mol. The zero-order valence-electron chi connectivity index (χ0n) is 9.07.